The van der Waals surface area contributed by atoms with Crippen LogP contribution in [-0.2, 0) is 14.3 Å². The van der Waals surface area contributed by atoms with Crippen LogP contribution in [0.25, 0.3) is 0 Å². The summed E-state index contributed by atoms with van der Waals surface area (Å²) in [7, 11) is 0. The number of amides is 3. The number of hydrogen-bond donors (Lipinski definition) is 3. The van der Waals surface area contributed by atoms with Crippen molar-refractivity contribution in [3.63, 3.8) is 0 Å². The van der Waals surface area contributed by atoms with Crippen molar-refractivity contribution >= 4 is 29.3 Å². The molecule has 0 unspecified atom stereocenters. The second kappa shape index (κ2) is 10.7. The fraction of sp³-hybridized carbons (Fsp3) is 0.286. The molecule has 1 heterocycles. The van der Waals surface area contributed by atoms with E-state index in [0.29, 0.717) is 36.1 Å². The number of anilines is 2. The van der Waals surface area contributed by atoms with Gasteiger partial charge < -0.3 is 30.2 Å². The van der Waals surface area contributed by atoms with E-state index in [0.717, 1.165) is 6.42 Å². The minimum Gasteiger partial charge on any atom is -0.490 e. The molecule has 0 saturated carbocycles. The number of benzene rings is 2. The lowest BCUT2D eigenvalue weighted by molar-refractivity contribution is -0.147. The topological polar surface area (TPSA) is 115 Å². The Bertz CT molecular complexity index is 888. The van der Waals surface area contributed by atoms with Gasteiger partial charge in [0, 0.05) is 30.4 Å². The molecule has 0 saturated heterocycles. The molecule has 0 aliphatic carbocycles. The van der Waals surface area contributed by atoms with Crippen molar-refractivity contribution in [1.82, 2.24) is 5.32 Å². The van der Waals surface area contributed by atoms with E-state index in [2.05, 4.69) is 16.0 Å². The van der Waals surface area contributed by atoms with E-state index in [4.69, 9.17) is 14.2 Å². The number of hydrogen-bond acceptors (Lipinski definition) is 6. The SMILES string of the molecule is O=C(COC(=O)CCNC(=O)Nc1ccccc1)Nc1ccc2c(c1)OCCCO2. The summed E-state index contributed by atoms with van der Waals surface area (Å²) in [4.78, 5) is 35.5. The molecule has 0 aromatic heterocycles. The average Bonchev–Trinajstić information content (AvgIpc) is 2.98. The number of esters is 1. The Balaban J connectivity index is 1.34. The monoisotopic (exact) mass is 413 g/mol. The van der Waals surface area contributed by atoms with Crippen LogP contribution >= 0.6 is 0 Å². The summed E-state index contributed by atoms with van der Waals surface area (Å²) in [6.45, 7) is 0.779. The van der Waals surface area contributed by atoms with Gasteiger partial charge in [-0.15, -0.1) is 0 Å². The summed E-state index contributed by atoms with van der Waals surface area (Å²) in [6, 6.07) is 13.6. The molecule has 0 radical (unpaired) electrons. The van der Waals surface area contributed by atoms with Crippen LogP contribution in [0.15, 0.2) is 48.5 Å². The van der Waals surface area contributed by atoms with Crippen LogP contribution in [0.5, 0.6) is 11.5 Å². The third-order valence-corrected chi connectivity index (χ3v) is 4.04. The van der Waals surface area contributed by atoms with E-state index >= 15 is 0 Å². The van der Waals surface area contributed by atoms with Gasteiger partial charge >= 0.3 is 12.0 Å². The average molecular weight is 413 g/mol. The molecular weight excluding hydrogens is 390 g/mol. The number of carbonyl (C=O) groups excluding carboxylic acids is 3. The van der Waals surface area contributed by atoms with Crippen molar-refractivity contribution in [3.05, 3.63) is 48.5 Å². The second-order valence-corrected chi connectivity index (χ2v) is 6.42. The number of fused-ring (bicyclic) bond motifs is 1. The largest absolute Gasteiger partial charge is 0.490 e. The molecule has 3 amide bonds. The van der Waals surface area contributed by atoms with Gasteiger partial charge in [-0.1, -0.05) is 18.2 Å². The molecule has 2 aromatic rings. The zero-order valence-corrected chi connectivity index (χ0v) is 16.3. The van der Waals surface area contributed by atoms with E-state index in [1.165, 1.54) is 0 Å². The summed E-state index contributed by atoms with van der Waals surface area (Å²) in [5, 5.41) is 7.82. The van der Waals surface area contributed by atoms with Gasteiger partial charge in [0.2, 0.25) is 0 Å². The van der Waals surface area contributed by atoms with Gasteiger partial charge in [-0.3, -0.25) is 9.59 Å². The van der Waals surface area contributed by atoms with Gasteiger partial charge in [-0.25, -0.2) is 4.79 Å². The predicted molar refractivity (Wildman–Crippen MR) is 110 cm³/mol. The first-order valence-electron chi connectivity index (χ1n) is 9.55. The fourth-order valence-corrected chi connectivity index (χ4v) is 2.63. The summed E-state index contributed by atoms with van der Waals surface area (Å²) < 4.78 is 16.0. The Labute approximate surface area is 173 Å². The summed E-state index contributed by atoms with van der Waals surface area (Å²) >= 11 is 0. The quantitative estimate of drug-likeness (QED) is 0.601. The number of rotatable bonds is 7. The van der Waals surface area contributed by atoms with Crippen molar-refractivity contribution in [1.29, 1.82) is 0 Å². The van der Waals surface area contributed by atoms with Gasteiger partial charge in [0.1, 0.15) is 0 Å². The highest BCUT2D eigenvalue weighted by molar-refractivity contribution is 5.93. The van der Waals surface area contributed by atoms with Crippen LogP contribution in [0.4, 0.5) is 16.2 Å². The van der Waals surface area contributed by atoms with Crippen LogP contribution in [-0.4, -0.2) is 44.3 Å². The standard InChI is InChI=1S/C21H23N3O6/c25-19(23-16-7-8-17-18(13-16)29-12-4-11-28-17)14-30-20(26)9-10-22-21(27)24-15-5-2-1-3-6-15/h1-3,5-8,13H,4,9-12,14H2,(H,23,25)(H2,22,24,27). The molecule has 0 atom stereocenters. The smallest absolute Gasteiger partial charge is 0.319 e. The van der Waals surface area contributed by atoms with Crippen LogP contribution in [0.3, 0.4) is 0 Å². The lowest BCUT2D eigenvalue weighted by Crippen LogP contribution is -2.31. The van der Waals surface area contributed by atoms with Crippen molar-refractivity contribution in [2.24, 2.45) is 0 Å². The van der Waals surface area contributed by atoms with Crippen molar-refractivity contribution in [3.8, 4) is 11.5 Å². The summed E-state index contributed by atoms with van der Waals surface area (Å²) in [5.41, 5.74) is 1.16. The molecule has 0 fully saturated rings. The van der Waals surface area contributed by atoms with E-state index in [-0.39, 0.29) is 13.0 Å². The predicted octanol–water partition coefficient (Wildman–Crippen LogP) is 2.54. The summed E-state index contributed by atoms with van der Waals surface area (Å²) in [5.74, 6) is 0.110. The Hall–Kier alpha value is -3.75. The van der Waals surface area contributed by atoms with Gasteiger partial charge in [0.15, 0.2) is 18.1 Å². The van der Waals surface area contributed by atoms with Crippen molar-refractivity contribution < 1.29 is 28.6 Å². The Morgan fingerprint density at radius 1 is 0.900 bits per heavy atom. The maximum atomic E-state index is 12.0. The third-order valence-electron chi connectivity index (χ3n) is 4.04. The number of para-hydroxylation sites is 1. The van der Waals surface area contributed by atoms with E-state index in [1.807, 2.05) is 6.07 Å². The van der Waals surface area contributed by atoms with Crippen molar-refractivity contribution in [2.45, 2.75) is 12.8 Å². The minimum atomic E-state index is -0.594. The third kappa shape index (κ3) is 6.69. The van der Waals surface area contributed by atoms with Crippen LogP contribution in [0.2, 0.25) is 0 Å². The zero-order valence-electron chi connectivity index (χ0n) is 16.3. The molecule has 9 heteroatoms. The maximum absolute atomic E-state index is 12.0. The van der Waals surface area contributed by atoms with Gasteiger partial charge in [0.25, 0.3) is 5.91 Å². The minimum absolute atomic E-state index is 0.0560. The highest BCUT2D eigenvalue weighted by Gasteiger charge is 2.13. The molecule has 158 valence electrons. The molecular formula is C21H23N3O6. The van der Waals surface area contributed by atoms with Crippen LogP contribution in [0.1, 0.15) is 12.8 Å². The van der Waals surface area contributed by atoms with Crippen LogP contribution in [0, 0.1) is 0 Å². The molecule has 1 aliphatic heterocycles. The highest BCUT2D eigenvalue weighted by Crippen LogP contribution is 2.32. The Morgan fingerprint density at radius 2 is 1.67 bits per heavy atom. The first kappa shape index (κ1) is 21.0. The molecule has 9 nitrogen and oxygen atoms in total. The van der Waals surface area contributed by atoms with Crippen molar-refractivity contribution in [2.75, 3.05) is 37.0 Å². The molecule has 0 bridgehead atoms. The summed E-state index contributed by atoms with van der Waals surface area (Å²) in [6.07, 6.45) is 0.731. The number of carbonyl (C=O) groups is 3. The van der Waals surface area contributed by atoms with Crippen LogP contribution < -0.4 is 25.4 Å². The fourth-order valence-electron chi connectivity index (χ4n) is 2.63. The molecule has 2 aromatic carbocycles. The molecule has 3 rings (SSSR count). The molecule has 30 heavy (non-hydrogen) atoms. The zero-order chi connectivity index (χ0) is 21.2. The lowest BCUT2D eigenvalue weighted by Gasteiger charge is -2.11. The second-order valence-electron chi connectivity index (χ2n) is 6.42. The Morgan fingerprint density at radius 3 is 2.47 bits per heavy atom. The number of urea groups is 1. The van der Waals surface area contributed by atoms with E-state index < -0.39 is 24.5 Å². The van der Waals surface area contributed by atoms with Gasteiger partial charge in [-0.05, 0) is 24.3 Å². The first-order valence-corrected chi connectivity index (χ1v) is 9.55. The van der Waals surface area contributed by atoms with Gasteiger partial charge in [0.05, 0.1) is 19.6 Å². The van der Waals surface area contributed by atoms with E-state index in [9.17, 15) is 14.4 Å². The molecule has 1 aliphatic rings. The highest BCUT2D eigenvalue weighted by atomic mass is 16.5. The Kier molecular flexibility index (Phi) is 7.48. The number of nitrogens with one attached hydrogen (secondary N) is 3. The molecule has 0 spiro atoms. The normalized spacial score (nSPS) is 12.3. The van der Waals surface area contributed by atoms with Gasteiger partial charge in [-0.2, -0.15) is 0 Å². The lowest BCUT2D eigenvalue weighted by atomic mass is 10.2. The van der Waals surface area contributed by atoms with E-state index in [1.54, 1.807) is 42.5 Å². The maximum Gasteiger partial charge on any atom is 0.319 e. The number of ether oxygens (including phenoxy) is 3. The first-order chi connectivity index (χ1) is 14.6. The molecule has 3 N–H and O–H groups in total.